The van der Waals surface area contributed by atoms with Gasteiger partial charge in [0.05, 0.1) is 22.4 Å². The van der Waals surface area contributed by atoms with Gasteiger partial charge in [-0.25, -0.2) is 11.7 Å². The van der Waals surface area contributed by atoms with Crippen molar-refractivity contribution in [1.29, 1.82) is 0 Å². The molecule has 2 heterocycles. The Kier molecular flexibility index (Phi) is 6.67. The number of rotatable bonds is 6. The number of carbonyl (C=O) groups excluding carboxylic acids is 2. The first-order valence-corrected chi connectivity index (χ1v) is 13.0. The van der Waals surface area contributed by atoms with Crippen molar-refractivity contribution in [2.24, 2.45) is 11.7 Å². The van der Waals surface area contributed by atoms with Crippen LogP contribution in [0.3, 0.4) is 0 Å². The summed E-state index contributed by atoms with van der Waals surface area (Å²) in [7, 11) is 0. The number of phenolic OH excluding ortho intramolecular Hbond substituents is 2. The second-order valence-electron chi connectivity index (χ2n) is 9.63. The van der Waals surface area contributed by atoms with Gasteiger partial charge in [-0.05, 0) is 96.1 Å². The lowest BCUT2D eigenvalue weighted by Gasteiger charge is -2.12. The summed E-state index contributed by atoms with van der Waals surface area (Å²) in [5.41, 5.74) is 11.9. The zero-order chi connectivity index (χ0) is 29.4. The van der Waals surface area contributed by atoms with Crippen LogP contribution in [-0.4, -0.2) is 31.2 Å². The molecule has 4 aromatic carbocycles. The van der Waals surface area contributed by atoms with Crippen molar-refractivity contribution in [2.45, 2.75) is 0 Å². The molecular formula is C32H26N6O4. The molecule has 0 spiro atoms. The summed E-state index contributed by atoms with van der Waals surface area (Å²) in [6.45, 7) is 0. The molecule has 0 atom stereocenters. The van der Waals surface area contributed by atoms with Gasteiger partial charge in [0.2, 0.25) is 0 Å². The van der Waals surface area contributed by atoms with E-state index in [0.717, 1.165) is 44.9 Å². The van der Waals surface area contributed by atoms with Crippen molar-refractivity contribution in [3.05, 3.63) is 120 Å². The molecule has 2 aromatic heterocycles. The van der Waals surface area contributed by atoms with Crippen molar-refractivity contribution in [3.8, 4) is 45.4 Å². The molecule has 10 nitrogen and oxygen atoms in total. The number of amides is 2. The summed E-state index contributed by atoms with van der Waals surface area (Å²) >= 11 is 0. The van der Waals surface area contributed by atoms with Crippen LogP contribution in [0.2, 0.25) is 0 Å². The van der Waals surface area contributed by atoms with Gasteiger partial charge < -0.3 is 19.3 Å². The van der Waals surface area contributed by atoms with Gasteiger partial charge in [0, 0.05) is 22.5 Å². The number of nitrogens with zero attached hydrogens (tertiary/aromatic N) is 2. The van der Waals surface area contributed by atoms with Gasteiger partial charge in [0.1, 0.15) is 11.5 Å². The molecule has 10 heteroatoms. The molecule has 0 unspecified atom stereocenters. The third kappa shape index (κ3) is 4.62. The third-order valence-electron chi connectivity index (χ3n) is 7.14. The smallest absolute Gasteiger partial charge is 0.265 e. The van der Waals surface area contributed by atoms with Gasteiger partial charge in [-0.15, -0.1) is 0 Å². The van der Waals surface area contributed by atoms with Crippen LogP contribution in [0, 0.1) is 0 Å². The fourth-order valence-corrected chi connectivity index (χ4v) is 5.09. The van der Waals surface area contributed by atoms with E-state index in [0.29, 0.717) is 11.1 Å². The average molecular weight is 559 g/mol. The quantitative estimate of drug-likeness (QED) is 0.101. The number of hydrazine groups is 2. The van der Waals surface area contributed by atoms with Crippen LogP contribution in [0.15, 0.2) is 109 Å². The largest absolute Gasteiger partial charge is 0.508 e. The molecule has 6 rings (SSSR count). The maximum absolute atomic E-state index is 12.0. The Hall–Kier alpha value is -5.84. The highest BCUT2D eigenvalue weighted by molar-refractivity contribution is 5.97. The van der Waals surface area contributed by atoms with Crippen LogP contribution >= 0.6 is 0 Å². The molecule has 0 saturated heterocycles. The van der Waals surface area contributed by atoms with Crippen molar-refractivity contribution >= 4 is 22.8 Å². The summed E-state index contributed by atoms with van der Waals surface area (Å²) in [5, 5.41) is 20.0. The first-order valence-electron chi connectivity index (χ1n) is 13.0. The number of aromatic hydroxyl groups is 2. The number of carbonyl (C=O) groups is 2. The highest BCUT2D eigenvalue weighted by Crippen LogP contribution is 2.39. The summed E-state index contributed by atoms with van der Waals surface area (Å²) < 4.78 is 4.15. The molecule has 0 aliphatic heterocycles. The lowest BCUT2D eigenvalue weighted by Crippen LogP contribution is -2.29. The number of hydrogen-bond acceptors (Lipinski definition) is 6. The Morgan fingerprint density at radius 1 is 0.524 bits per heavy atom. The highest BCUT2D eigenvalue weighted by atomic mass is 16.3. The van der Waals surface area contributed by atoms with Crippen LogP contribution in [-0.2, 0) is 0 Å². The lowest BCUT2D eigenvalue weighted by atomic mass is 10.1. The van der Waals surface area contributed by atoms with Crippen molar-refractivity contribution < 1.29 is 19.8 Å². The molecule has 0 radical (unpaired) electrons. The Morgan fingerprint density at radius 3 is 1.17 bits per heavy atom. The Labute approximate surface area is 240 Å². The van der Waals surface area contributed by atoms with E-state index in [9.17, 15) is 19.8 Å². The zero-order valence-electron chi connectivity index (χ0n) is 22.2. The van der Waals surface area contributed by atoms with Crippen LogP contribution < -0.4 is 22.5 Å². The molecule has 0 aliphatic carbocycles. The van der Waals surface area contributed by atoms with E-state index in [1.54, 1.807) is 48.5 Å². The van der Waals surface area contributed by atoms with E-state index in [1.165, 1.54) is 0 Å². The summed E-state index contributed by atoms with van der Waals surface area (Å²) in [5.74, 6) is 10.1. The Morgan fingerprint density at radius 2 is 0.857 bits per heavy atom. The minimum absolute atomic E-state index is 0.143. The number of benzene rings is 4. The molecule has 208 valence electrons. The van der Waals surface area contributed by atoms with Gasteiger partial charge >= 0.3 is 0 Å². The molecule has 0 saturated carbocycles. The monoisotopic (exact) mass is 558 g/mol. The topological polar surface area (TPSA) is 161 Å². The number of nitrogens with two attached hydrogens (primary N) is 2. The average Bonchev–Trinajstić information content (AvgIpc) is 3.58. The second-order valence-corrected chi connectivity index (χ2v) is 9.63. The van der Waals surface area contributed by atoms with Gasteiger partial charge in [0.15, 0.2) is 0 Å². The lowest BCUT2D eigenvalue weighted by molar-refractivity contribution is 0.0945. The standard InChI is InChI=1S/C32H26N6O4/c33-35-31(41)21-5-1-19(2-6-21)27-17-29-30(37(27)23-9-13-25(39)14-10-23)18-28(38(29)24-11-15-26(40)16-12-24)20-3-7-22(8-4-20)32(42)36-34/h1-18,39-40H,33-34H2,(H,35,41)(H,36,42). The predicted molar refractivity (Wildman–Crippen MR) is 160 cm³/mol. The van der Waals surface area contributed by atoms with Gasteiger partial charge in [0.25, 0.3) is 11.8 Å². The SMILES string of the molecule is NNC(=O)c1ccc(-c2cc3c(cc(-c4ccc(C(=O)NN)cc4)n3-c3ccc(O)cc3)n2-c2ccc(O)cc2)cc1. The third-order valence-corrected chi connectivity index (χ3v) is 7.14. The highest BCUT2D eigenvalue weighted by Gasteiger charge is 2.21. The van der Waals surface area contributed by atoms with Crippen molar-refractivity contribution in [2.75, 3.05) is 0 Å². The maximum atomic E-state index is 12.0. The fourth-order valence-electron chi connectivity index (χ4n) is 5.09. The van der Waals surface area contributed by atoms with Gasteiger partial charge in [-0.1, -0.05) is 24.3 Å². The number of aromatic nitrogens is 2. The summed E-state index contributed by atoms with van der Waals surface area (Å²) in [6.07, 6.45) is 0. The number of hydrogen-bond donors (Lipinski definition) is 6. The predicted octanol–water partition coefficient (Wildman–Crippen LogP) is 4.37. The molecular weight excluding hydrogens is 532 g/mol. The fraction of sp³-hybridized carbons (Fsp3) is 0. The molecule has 2 amide bonds. The normalized spacial score (nSPS) is 11.0. The number of fused-ring (bicyclic) bond motifs is 1. The van der Waals surface area contributed by atoms with Crippen LogP contribution in [0.5, 0.6) is 11.5 Å². The van der Waals surface area contributed by atoms with Gasteiger partial charge in [-0.3, -0.25) is 20.4 Å². The number of nitrogens with one attached hydrogen (secondary N) is 2. The minimum Gasteiger partial charge on any atom is -0.508 e. The van der Waals surface area contributed by atoms with E-state index in [4.69, 9.17) is 11.7 Å². The second kappa shape index (κ2) is 10.6. The van der Waals surface area contributed by atoms with Crippen molar-refractivity contribution in [1.82, 2.24) is 20.0 Å². The number of phenols is 2. The first kappa shape index (κ1) is 26.4. The number of nitrogen functional groups attached to an aromatic ring is 2. The maximum Gasteiger partial charge on any atom is 0.265 e. The van der Waals surface area contributed by atoms with E-state index < -0.39 is 0 Å². The van der Waals surface area contributed by atoms with Crippen LogP contribution in [0.1, 0.15) is 20.7 Å². The van der Waals surface area contributed by atoms with Crippen LogP contribution in [0.25, 0.3) is 44.9 Å². The molecule has 6 aromatic rings. The molecule has 0 fully saturated rings. The molecule has 42 heavy (non-hydrogen) atoms. The molecule has 0 aliphatic rings. The van der Waals surface area contributed by atoms with Crippen molar-refractivity contribution in [3.63, 3.8) is 0 Å². The summed E-state index contributed by atoms with van der Waals surface area (Å²) in [4.78, 5) is 24.1. The van der Waals surface area contributed by atoms with E-state index in [-0.39, 0.29) is 23.3 Å². The Balaban J connectivity index is 1.62. The minimum atomic E-state index is -0.390. The van der Waals surface area contributed by atoms with E-state index in [1.807, 2.05) is 60.7 Å². The van der Waals surface area contributed by atoms with Gasteiger partial charge in [-0.2, -0.15) is 0 Å². The first-order chi connectivity index (χ1) is 20.4. The van der Waals surface area contributed by atoms with Crippen LogP contribution in [0.4, 0.5) is 0 Å². The van der Waals surface area contributed by atoms with E-state index in [2.05, 4.69) is 20.0 Å². The summed E-state index contributed by atoms with van der Waals surface area (Å²) in [6, 6.07) is 32.1. The zero-order valence-corrected chi connectivity index (χ0v) is 22.2. The Bertz CT molecular complexity index is 1780. The molecule has 8 N–H and O–H groups in total. The van der Waals surface area contributed by atoms with E-state index >= 15 is 0 Å². The molecule has 0 bridgehead atoms.